The highest BCUT2D eigenvalue weighted by atomic mass is 16.5. The maximum Gasteiger partial charge on any atom is 0.264 e. The molecule has 0 saturated heterocycles. The van der Waals surface area contributed by atoms with Gasteiger partial charge in [0, 0.05) is 0 Å². The third-order valence-corrected chi connectivity index (χ3v) is 1.55. The van der Waals surface area contributed by atoms with Crippen LogP contribution in [0, 0.1) is 11.5 Å². The number of nitrogens with one attached hydrogen (secondary N) is 1. The fourth-order valence-electron chi connectivity index (χ4n) is 0.926. The number of nitrogens with zero attached hydrogens (tertiary/aromatic N) is 2. The number of para-hydroxylation sites is 1. The summed E-state index contributed by atoms with van der Waals surface area (Å²) in [4.78, 5) is 14.3. The van der Waals surface area contributed by atoms with E-state index in [0.717, 1.165) is 0 Å². The number of amides is 1. The zero-order chi connectivity index (χ0) is 11.8. The van der Waals surface area contributed by atoms with Crippen LogP contribution in [-0.2, 0) is 4.79 Å². The van der Waals surface area contributed by atoms with Crippen LogP contribution < -0.4 is 15.8 Å². The molecule has 6 nitrogen and oxygen atoms in total. The molecule has 82 valence electrons. The van der Waals surface area contributed by atoms with Gasteiger partial charge in [-0.15, -0.1) is 4.99 Å². The zero-order valence-corrected chi connectivity index (χ0v) is 8.38. The Morgan fingerprint density at radius 3 is 2.81 bits per heavy atom. The predicted octanol–water partition coefficient (Wildman–Crippen LogP) is -0.0226. The molecule has 1 amide bonds. The van der Waals surface area contributed by atoms with Crippen molar-refractivity contribution in [2.24, 2.45) is 10.7 Å². The summed E-state index contributed by atoms with van der Waals surface area (Å²) < 4.78 is 5.14. The fraction of sp³-hybridized carbons (Fsp3) is 0.100. The molecule has 0 aliphatic heterocycles. The molecule has 0 bridgehead atoms. The molecular weight excluding hydrogens is 208 g/mol. The molecule has 1 aromatic rings. The van der Waals surface area contributed by atoms with Gasteiger partial charge in [0.2, 0.25) is 12.2 Å². The van der Waals surface area contributed by atoms with Crippen LogP contribution in [0.5, 0.6) is 5.75 Å². The van der Waals surface area contributed by atoms with Crippen LogP contribution in [-0.4, -0.2) is 18.5 Å². The lowest BCUT2D eigenvalue weighted by atomic mass is 10.3. The van der Waals surface area contributed by atoms with Crippen molar-refractivity contribution in [3.8, 4) is 11.9 Å². The highest BCUT2D eigenvalue weighted by Gasteiger charge is 2.03. The van der Waals surface area contributed by atoms with Crippen LogP contribution in [0.15, 0.2) is 35.3 Å². The summed E-state index contributed by atoms with van der Waals surface area (Å²) in [7, 11) is 0. The number of hydrogen-bond donors (Lipinski definition) is 2. The Labute approximate surface area is 92.3 Å². The van der Waals surface area contributed by atoms with E-state index in [2.05, 4.69) is 10.3 Å². The third-order valence-electron chi connectivity index (χ3n) is 1.55. The average Bonchev–Trinajstić information content (AvgIpc) is 2.28. The van der Waals surface area contributed by atoms with E-state index >= 15 is 0 Å². The summed E-state index contributed by atoms with van der Waals surface area (Å²) in [5.41, 5.74) is 5.19. The Morgan fingerprint density at radius 2 is 2.19 bits per heavy atom. The minimum Gasteiger partial charge on any atom is -0.484 e. The van der Waals surface area contributed by atoms with Crippen molar-refractivity contribution in [2.75, 3.05) is 6.61 Å². The van der Waals surface area contributed by atoms with Gasteiger partial charge in [0.15, 0.2) is 6.61 Å². The number of aliphatic imine (C=N–C) groups is 1. The Morgan fingerprint density at radius 1 is 1.50 bits per heavy atom. The van der Waals surface area contributed by atoms with E-state index in [1.54, 1.807) is 24.3 Å². The first-order chi connectivity index (χ1) is 7.72. The molecule has 0 radical (unpaired) electrons. The number of ether oxygens (including phenoxy) is 1. The van der Waals surface area contributed by atoms with Gasteiger partial charge < -0.3 is 10.5 Å². The molecule has 0 spiro atoms. The molecule has 16 heavy (non-hydrogen) atoms. The van der Waals surface area contributed by atoms with E-state index in [-0.39, 0.29) is 12.6 Å². The highest BCUT2D eigenvalue weighted by Crippen LogP contribution is 2.07. The lowest BCUT2D eigenvalue weighted by Crippen LogP contribution is -2.39. The number of carbonyl (C=O) groups is 1. The van der Waals surface area contributed by atoms with E-state index < -0.39 is 5.91 Å². The van der Waals surface area contributed by atoms with Gasteiger partial charge in [-0.3, -0.25) is 10.1 Å². The van der Waals surface area contributed by atoms with Crippen molar-refractivity contribution in [3.05, 3.63) is 30.3 Å². The van der Waals surface area contributed by atoms with Crippen molar-refractivity contribution in [1.82, 2.24) is 5.32 Å². The molecular formula is C10H10N4O2. The van der Waals surface area contributed by atoms with Crippen LogP contribution in [0.1, 0.15) is 0 Å². The largest absolute Gasteiger partial charge is 0.484 e. The van der Waals surface area contributed by atoms with Gasteiger partial charge in [-0.2, -0.15) is 5.26 Å². The number of hydrogen-bond acceptors (Lipinski definition) is 4. The first-order valence-corrected chi connectivity index (χ1v) is 4.42. The first-order valence-electron chi connectivity index (χ1n) is 4.42. The number of guanidine groups is 1. The average molecular weight is 218 g/mol. The lowest BCUT2D eigenvalue weighted by molar-refractivity contribution is -0.121. The van der Waals surface area contributed by atoms with Gasteiger partial charge in [-0.05, 0) is 12.1 Å². The molecule has 0 fully saturated rings. The Kier molecular flexibility index (Phi) is 4.34. The molecule has 0 heterocycles. The highest BCUT2D eigenvalue weighted by molar-refractivity contribution is 5.97. The van der Waals surface area contributed by atoms with Crippen LogP contribution in [0.25, 0.3) is 0 Å². The van der Waals surface area contributed by atoms with Crippen molar-refractivity contribution in [3.63, 3.8) is 0 Å². The molecule has 0 aromatic heterocycles. The molecule has 0 saturated carbocycles. The summed E-state index contributed by atoms with van der Waals surface area (Å²) in [5.74, 6) is -0.141. The standard InChI is InChI=1S/C10H10N4O2/c11-7-13-10(12)14-9(15)6-16-8-4-2-1-3-5-8/h1-5H,6H2,(H3,12,13,14,15). The molecule has 6 heteroatoms. The van der Waals surface area contributed by atoms with Gasteiger partial charge in [0.1, 0.15) is 5.75 Å². The van der Waals surface area contributed by atoms with E-state index in [0.29, 0.717) is 5.75 Å². The maximum absolute atomic E-state index is 11.2. The Bertz CT molecular complexity index is 422. The molecule has 1 aromatic carbocycles. The smallest absolute Gasteiger partial charge is 0.264 e. The molecule has 0 unspecified atom stereocenters. The SMILES string of the molecule is N#CN=C(N)NC(=O)COc1ccccc1. The molecule has 0 aliphatic carbocycles. The number of benzene rings is 1. The van der Waals surface area contributed by atoms with Crippen molar-refractivity contribution in [2.45, 2.75) is 0 Å². The van der Waals surface area contributed by atoms with Crippen LogP contribution in [0.4, 0.5) is 0 Å². The summed E-state index contributed by atoms with van der Waals surface area (Å²) in [6.07, 6.45) is 1.45. The minimum absolute atomic E-state index is 0.189. The predicted molar refractivity (Wildman–Crippen MR) is 57.3 cm³/mol. The fourth-order valence-corrected chi connectivity index (χ4v) is 0.926. The number of nitrogens with two attached hydrogens (primary N) is 1. The molecule has 0 aliphatic rings. The van der Waals surface area contributed by atoms with Crippen molar-refractivity contribution >= 4 is 11.9 Å². The maximum atomic E-state index is 11.2. The van der Waals surface area contributed by atoms with E-state index in [9.17, 15) is 4.79 Å². The summed E-state index contributed by atoms with van der Waals surface area (Å²) >= 11 is 0. The van der Waals surface area contributed by atoms with Crippen LogP contribution in [0.3, 0.4) is 0 Å². The Balaban J connectivity index is 2.37. The zero-order valence-electron chi connectivity index (χ0n) is 8.38. The topological polar surface area (TPSA) is 101 Å². The Hall–Kier alpha value is -2.55. The second kappa shape index (κ2) is 6.03. The van der Waals surface area contributed by atoms with Gasteiger partial charge in [0.25, 0.3) is 5.91 Å². The van der Waals surface area contributed by atoms with E-state index in [1.807, 2.05) is 6.07 Å². The van der Waals surface area contributed by atoms with Crippen molar-refractivity contribution in [1.29, 1.82) is 5.26 Å². The lowest BCUT2D eigenvalue weighted by Gasteiger charge is -2.05. The van der Waals surface area contributed by atoms with Crippen LogP contribution >= 0.6 is 0 Å². The molecule has 0 atom stereocenters. The van der Waals surface area contributed by atoms with Gasteiger partial charge in [-0.25, -0.2) is 0 Å². The second-order valence-corrected chi connectivity index (χ2v) is 2.75. The van der Waals surface area contributed by atoms with Gasteiger partial charge in [-0.1, -0.05) is 18.2 Å². The monoisotopic (exact) mass is 218 g/mol. The molecule has 1 rings (SSSR count). The number of carbonyl (C=O) groups excluding carboxylic acids is 1. The van der Waals surface area contributed by atoms with Crippen LogP contribution in [0.2, 0.25) is 0 Å². The normalized spacial score (nSPS) is 10.3. The van der Waals surface area contributed by atoms with Crippen molar-refractivity contribution < 1.29 is 9.53 Å². The van der Waals surface area contributed by atoms with Gasteiger partial charge >= 0.3 is 0 Å². The summed E-state index contributed by atoms with van der Waals surface area (Å²) in [5, 5.41) is 10.3. The first kappa shape index (κ1) is 11.5. The number of nitriles is 1. The third kappa shape index (κ3) is 4.11. The second-order valence-electron chi connectivity index (χ2n) is 2.75. The summed E-state index contributed by atoms with van der Waals surface area (Å²) in [6, 6.07) is 8.86. The minimum atomic E-state index is -0.472. The van der Waals surface area contributed by atoms with E-state index in [1.165, 1.54) is 6.19 Å². The summed E-state index contributed by atoms with van der Waals surface area (Å²) in [6.45, 7) is -0.189. The number of rotatable bonds is 3. The molecule has 3 N–H and O–H groups in total. The quantitative estimate of drug-likeness (QED) is 0.423. The van der Waals surface area contributed by atoms with E-state index in [4.69, 9.17) is 15.7 Å². The van der Waals surface area contributed by atoms with Gasteiger partial charge in [0.05, 0.1) is 0 Å².